The SMILES string of the molecule is COc1cccc(/C=C2/SC(=S)N(NC(=O)c3cccc(O)c3)C2=O)c1OC. The molecule has 1 aliphatic rings. The Morgan fingerprint density at radius 3 is 2.64 bits per heavy atom. The van der Waals surface area contributed by atoms with Crippen LogP contribution in [-0.2, 0) is 4.79 Å². The van der Waals surface area contributed by atoms with Gasteiger partial charge in [-0.1, -0.05) is 30.0 Å². The molecule has 28 heavy (non-hydrogen) atoms. The molecule has 0 spiro atoms. The molecule has 2 amide bonds. The number of carbonyl (C=O) groups is 2. The Balaban J connectivity index is 1.84. The van der Waals surface area contributed by atoms with Crippen LogP contribution in [0.5, 0.6) is 17.2 Å². The van der Waals surface area contributed by atoms with Crippen LogP contribution in [0.3, 0.4) is 0 Å². The normalized spacial score (nSPS) is 15.1. The number of methoxy groups -OCH3 is 2. The average molecular weight is 416 g/mol. The second-order valence-corrected chi connectivity index (χ2v) is 7.27. The minimum Gasteiger partial charge on any atom is -0.508 e. The van der Waals surface area contributed by atoms with E-state index in [0.29, 0.717) is 22.0 Å². The summed E-state index contributed by atoms with van der Waals surface area (Å²) >= 11 is 6.28. The van der Waals surface area contributed by atoms with Crippen LogP contribution in [0.2, 0.25) is 0 Å². The number of para-hydroxylation sites is 1. The van der Waals surface area contributed by atoms with E-state index in [-0.39, 0.29) is 15.6 Å². The van der Waals surface area contributed by atoms with Crippen molar-refractivity contribution in [3.63, 3.8) is 0 Å². The smallest absolute Gasteiger partial charge is 0.285 e. The van der Waals surface area contributed by atoms with Crippen LogP contribution in [0.25, 0.3) is 6.08 Å². The molecule has 2 aromatic rings. The number of nitrogens with one attached hydrogen (secondary N) is 1. The van der Waals surface area contributed by atoms with Crippen molar-refractivity contribution in [2.45, 2.75) is 0 Å². The Morgan fingerprint density at radius 2 is 1.96 bits per heavy atom. The Labute approximate surface area is 170 Å². The summed E-state index contributed by atoms with van der Waals surface area (Å²) < 4.78 is 10.8. The van der Waals surface area contributed by atoms with Crippen molar-refractivity contribution in [2.24, 2.45) is 0 Å². The van der Waals surface area contributed by atoms with Gasteiger partial charge >= 0.3 is 0 Å². The second-order valence-electron chi connectivity index (χ2n) is 5.59. The number of hydrogen-bond donors (Lipinski definition) is 2. The summed E-state index contributed by atoms with van der Waals surface area (Å²) in [7, 11) is 3.04. The van der Waals surface area contributed by atoms with Crippen LogP contribution in [0, 0.1) is 0 Å². The summed E-state index contributed by atoms with van der Waals surface area (Å²) in [6, 6.07) is 11.1. The Kier molecular flexibility index (Phi) is 5.86. The zero-order valence-electron chi connectivity index (χ0n) is 15.0. The van der Waals surface area contributed by atoms with E-state index < -0.39 is 11.8 Å². The highest BCUT2D eigenvalue weighted by molar-refractivity contribution is 8.26. The third kappa shape index (κ3) is 3.95. The molecule has 0 atom stereocenters. The van der Waals surface area contributed by atoms with Gasteiger partial charge in [-0.15, -0.1) is 0 Å². The van der Waals surface area contributed by atoms with E-state index >= 15 is 0 Å². The highest BCUT2D eigenvalue weighted by atomic mass is 32.2. The van der Waals surface area contributed by atoms with E-state index in [0.717, 1.165) is 16.8 Å². The maximum atomic E-state index is 12.7. The monoisotopic (exact) mass is 416 g/mol. The van der Waals surface area contributed by atoms with Gasteiger partial charge in [-0.25, -0.2) is 0 Å². The fraction of sp³-hybridized carbons (Fsp3) is 0.105. The summed E-state index contributed by atoms with van der Waals surface area (Å²) in [5.41, 5.74) is 3.31. The van der Waals surface area contributed by atoms with E-state index in [4.69, 9.17) is 21.7 Å². The molecule has 0 radical (unpaired) electrons. The summed E-state index contributed by atoms with van der Waals surface area (Å²) in [5, 5.41) is 10.5. The van der Waals surface area contributed by atoms with Gasteiger partial charge in [0.05, 0.1) is 19.1 Å². The number of thioether (sulfide) groups is 1. The van der Waals surface area contributed by atoms with Gasteiger partial charge in [0.15, 0.2) is 15.8 Å². The molecular weight excluding hydrogens is 400 g/mol. The number of hydrazine groups is 1. The van der Waals surface area contributed by atoms with Gasteiger partial charge in [-0.3, -0.25) is 15.0 Å². The number of nitrogens with zero attached hydrogens (tertiary/aromatic N) is 1. The summed E-state index contributed by atoms with van der Waals surface area (Å²) in [6.45, 7) is 0. The zero-order chi connectivity index (χ0) is 20.3. The minimum absolute atomic E-state index is 0.0527. The second kappa shape index (κ2) is 8.32. The van der Waals surface area contributed by atoms with E-state index in [2.05, 4.69) is 5.43 Å². The highest BCUT2D eigenvalue weighted by Gasteiger charge is 2.34. The summed E-state index contributed by atoms with van der Waals surface area (Å²) in [6.07, 6.45) is 1.63. The number of rotatable bonds is 5. The van der Waals surface area contributed by atoms with Gasteiger partial charge in [-0.05, 0) is 42.6 Å². The van der Waals surface area contributed by atoms with Crippen molar-refractivity contribution in [3.8, 4) is 17.2 Å². The maximum Gasteiger partial charge on any atom is 0.285 e. The summed E-state index contributed by atoms with van der Waals surface area (Å²) in [4.78, 5) is 25.4. The van der Waals surface area contributed by atoms with Crippen LogP contribution in [0.4, 0.5) is 0 Å². The first-order valence-electron chi connectivity index (χ1n) is 8.03. The number of phenols is 1. The Hall–Kier alpha value is -3.04. The molecule has 3 rings (SSSR count). The molecule has 1 fully saturated rings. The predicted molar refractivity (Wildman–Crippen MR) is 110 cm³/mol. The van der Waals surface area contributed by atoms with Crippen LogP contribution in [0.1, 0.15) is 15.9 Å². The number of ether oxygens (including phenoxy) is 2. The molecule has 0 bridgehead atoms. The first kappa shape index (κ1) is 19.7. The van der Waals surface area contributed by atoms with Gasteiger partial charge < -0.3 is 14.6 Å². The predicted octanol–water partition coefficient (Wildman–Crippen LogP) is 2.96. The fourth-order valence-corrected chi connectivity index (χ4v) is 3.71. The third-order valence-electron chi connectivity index (χ3n) is 3.84. The number of aromatic hydroxyl groups is 1. The van der Waals surface area contributed by atoms with Gasteiger partial charge in [0.1, 0.15) is 5.75 Å². The lowest BCUT2D eigenvalue weighted by Crippen LogP contribution is -2.44. The molecule has 1 aliphatic heterocycles. The number of amides is 2. The lowest BCUT2D eigenvalue weighted by Gasteiger charge is -2.15. The molecule has 0 saturated carbocycles. The van der Waals surface area contributed by atoms with Crippen LogP contribution in [-0.4, -0.2) is 40.5 Å². The molecule has 1 saturated heterocycles. The largest absolute Gasteiger partial charge is 0.508 e. The van der Waals surface area contributed by atoms with E-state index in [1.54, 1.807) is 24.3 Å². The van der Waals surface area contributed by atoms with E-state index in [1.807, 2.05) is 0 Å². The maximum absolute atomic E-state index is 12.7. The standard InChI is InChI=1S/C19H16N2O5S2/c1-25-14-8-4-5-11(16(14)26-2)10-15-18(24)21(19(27)28-15)20-17(23)12-6-3-7-13(22)9-12/h3-10,22H,1-2H3,(H,20,23)/b15-10+. The number of hydrogen-bond acceptors (Lipinski definition) is 7. The average Bonchev–Trinajstić information content (AvgIpc) is 2.95. The molecule has 7 nitrogen and oxygen atoms in total. The molecule has 0 unspecified atom stereocenters. The number of carbonyl (C=O) groups excluding carboxylic acids is 2. The van der Waals surface area contributed by atoms with Crippen LogP contribution >= 0.6 is 24.0 Å². The topological polar surface area (TPSA) is 88.1 Å². The van der Waals surface area contributed by atoms with Crippen LogP contribution in [0.15, 0.2) is 47.4 Å². The number of phenolic OH excluding ortho intramolecular Hbond substituents is 1. The lowest BCUT2D eigenvalue weighted by molar-refractivity contribution is -0.123. The molecule has 0 aromatic heterocycles. The number of thiocarbonyl (C=S) groups is 1. The first-order valence-corrected chi connectivity index (χ1v) is 9.26. The first-order chi connectivity index (χ1) is 13.4. The van der Waals surface area contributed by atoms with Gasteiger partial charge in [0.25, 0.3) is 11.8 Å². The van der Waals surface area contributed by atoms with Crippen LogP contribution < -0.4 is 14.9 Å². The van der Waals surface area contributed by atoms with Crippen molar-refractivity contribution in [2.75, 3.05) is 14.2 Å². The van der Waals surface area contributed by atoms with E-state index in [1.165, 1.54) is 38.5 Å². The van der Waals surface area contributed by atoms with Crippen molar-refractivity contribution in [3.05, 3.63) is 58.5 Å². The molecule has 9 heteroatoms. The van der Waals surface area contributed by atoms with Crippen molar-refractivity contribution >= 4 is 46.2 Å². The van der Waals surface area contributed by atoms with Crippen molar-refractivity contribution in [1.82, 2.24) is 10.4 Å². The molecule has 2 aromatic carbocycles. The fourth-order valence-electron chi connectivity index (χ4n) is 2.54. The molecule has 0 aliphatic carbocycles. The highest BCUT2D eigenvalue weighted by Crippen LogP contribution is 2.36. The zero-order valence-corrected chi connectivity index (χ0v) is 16.6. The molecular formula is C19H16N2O5S2. The minimum atomic E-state index is -0.563. The lowest BCUT2D eigenvalue weighted by atomic mass is 10.1. The third-order valence-corrected chi connectivity index (χ3v) is 5.14. The van der Waals surface area contributed by atoms with Crippen molar-refractivity contribution in [1.29, 1.82) is 0 Å². The van der Waals surface area contributed by atoms with Gasteiger partial charge in [0, 0.05) is 11.1 Å². The Morgan fingerprint density at radius 1 is 1.21 bits per heavy atom. The Bertz CT molecular complexity index is 990. The summed E-state index contributed by atoms with van der Waals surface area (Å²) in [5.74, 6) is -0.0631. The molecule has 144 valence electrons. The van der Waals surface area contributed by atoms with Gasteiger partial charge in [0.2, 0.25) is 0 Å². The van der Waals surface area contributed by atoms with Crippen molar-refractivity contribution < 1.29 is 24.2 Å². The quantitative estimate of drug-likeness (QED) is 0.572. The number of benzene rings is 2. The van der Waals surface area contributed by atoms with Gasteiger partial charge in [-0.2, -0.15) is 5.01 Å². The molecule has 2 N–H and O–H groups in total. The van der Waals surface area contributed by atoms with E-state index in [9.17, 15) is 14.7 Å². The molecule has 1 heterocycles.